The average Bonchev–Trinajstić information content (AvgIpc) is 3.93. The second-order valence-electron chi connectivity index (χ2n) is 20.8. The molecule has 0 radical (unpaired) electrons. The molecule has 2 amide bonds. The van der Waals surface area contributed by atoms with Crippen molar-refractivity contribution in [2.45, 2.75) is 104 Å². The summed E-state index contributed by atoms with van der Waals surface area (Å²) < 4.78 is 31.6. The van der Waals surface area contributed by atoms with Crippen molar-refractivity contribution in [3.05, 3.63) is 57.7 Å². The highest BCUT2D eigenvalue weighted by molar-refractivity contribution is 7.10. The number of ether oxygens (including phenoxy) is 5. The van der Waals surface area contributed by atoms with Gasteiger partial charge < -0.3 is 33.6 Å². The number of rotatable bonds is 8. The van der Waals surface area contributed by atoms with Crippen molar-refractivity contribution in [1.29, 1.82) is 0 Å². The Morgan fingerprint density at radius 3 is 2.58 bits per heavy atom. The van der Waals surface area contributed by atoms with E-state index >= 15 is 4.79 Å². The van der Waals surface area contributed by atoms with E-state index in [4.69, 9.17) is 33.7 Å². The van der Waals surface area contributed by atoms with Crippen molar-refractivity contribution in [3.8, 4) is 34.4 Å². The highest BCUT2D eigenvalue weighted by Crippen LogP contribution is 2.46. The van der Waals surface area contributed by atoms with Gasteiger partial charge in [-0.25, -0.2) is 10.4 Å². The number of hydrazine groups is 1. The topological polar surface area (TPSA) is 162 Å². The predicted octanol–water partition coefficient (Wildman–Crippen LogP) is 5.14. The molecule has 0 aliphatic carbocycles. The number of hydrogen-bond donors (Lipinski definition) is 2. The van der Waals surface area contributed by atoms with Crippen molar-refractivity contribution in [3.63, 3.8) is 0 Å². The van der Waals surface area contributed by atoms with E-state index in [2.05, 4.69) is 94.3 Å². The number of nitrogens with zero attached hydrogens (tertiary/aromatic N) is 6. The summed E-state index contributed by atoms with van der Waals surface area (Å²) in [5.74, 6) is 5.88. The molecule has 5 fully saturated rings. The van der Waals surface area contributed by atoms with E-state index < -0.39 is 35.6 Å². The number of carbonyl (C=O) groups excluding carboxylic acids is 3. The number of cyclic esters (lactones) is 1. The van der Waals surface area contributed by atoms with E-state index in [9.17, 15) is 9.59 Å². The van der Waals surface area contributed by atoms with Crippen LogP contribution in [0.25, 0.3) is 33.4 Å². The number of methoxy groups -OCH3 is 1. The number of amides is 2. The standard InChI is InChI=1S/C52H66N8O8S/c1-8-59-41-14-13-35-21-36(41)38(44(59)37-20-34(23-53-42(37)33(4)64-7)12-11-32(3)57-16-18-65-19-17-57)22-51(5,6)28-68-50(63)39-10-9-15-60(56-39)49(62)43(55-47(61)46-31(2)24-67-46)45(48-54-40(35)25-69-48)58-26-52(27-58)29-66-30-52/h13-14,20-21,23,25,31-33,39,43,45-46,56H,8-10,15-19,22,24,26-30H2,1-7H3,(H,55,61)/t31-,32+,33-,39-,43-,45-,46-/m0/s1. The van der Waals surface area contributed by atoms with E-state index in [1.54, 1.807) is 7.11 Å². The highest BCUT2D eigenvalue weighted by atomic mass is 32.1. The van der Waals surface area contributed by atoms with Crippen molar-refractivity contribution in [2.75, 3.05) is 79.5 Å². The molecule has 2 N–H and O–H groups in total. The van der Waals surface area contributed by atoms with Crippen molar-refractivity contribution >= 4 is 40.0 Å². The summed E-state index contributed by atoms with van der Waals surface area (Å²) in [4.78, 5) is 58.2. The van der Waals surface area contributed by atoms with Crippen LogP contribution in [0.1, 0.15) is 88.4 Å². The van der Waals surface area contributed by atoms with Gasteiger partial charge in [-0.2, -0.15) is 0 Å². The van der Waals surface area contributed by atoms with Gasteiger partial charge in [0.05, 0.1) is 74.9 Å². The number of esters is 1. The van der Waals surface area contributed by atoms with Crippen molar-refractivity contribution < 1.29 is 38.1 Å². The highest BCUT2D eigenvalue weighted by Gasteiger charge is 2.55. The quantitative estimate of drug-likeness (QED) is 0.177. The van der Waals surface area contributed by atoms with Crippen LogP contribution < -0.4 is 10.7 Å². The van der Waals surface area contributed by atoms with Crippen LogP contribution in [0.3, 0.4) is 0 Å². The summed E-state index contributed by atoms with van der Waals surface area (Å²) in [7, 11) is 1.71. The molecule has 6 aliphatic rings. The molecule has 9 heterocycles. The lowest BCUT2D eigenvalue weighted by molar-refractivity contribution is -0.203. The monoisotopic (exact) mass is 962 g/mol. The molecule has 368 valence electrons. The number of fused-ring (bicyclic) bond motifs is 6. The number of likely N-dealkylation sites (tertiary alicyclic amines) is 1. The molecule has 0 unspecified atom stereocenters. The Morgan fingerprint density at radius 1 is 1.09 bits per heavy atom. The van der Waals surface area contributed by atoms with Gasteiger partial charge in [-0.05, 0) is 63.8 Å². The number of thiazole rings is 1. The fourth-order valence-electron chi connectivity index (χ4n) is 10.9. The second kappa shape index (κ2) is 19.4. The number of carbonyl (C=O) groups is 3. The van der Waals surface area contributed by atoms with Crippen LogP contribution in [0.5, 0.6) is 0 Å². The molecule has 16 nitrogen and oxygen atoms in total. The number of aryl methyl sites for hydroxylation is 1. The van der Waals surface area contributed by atoms with Gasteiger partial charge in [0.15, 0.2) is 0 Å². The third kappa shape index (κ3) is 9.35. The lowest BCUT2D eigenvalue weighted by Gasteiger charge is -2.58. The fraction of sp³-hybridized carbons (Fsp3) is 0.596. The molecule has 6 bridgehead atoms. The minimum atomic E-state index is -1.03. The van der Waals surface area contributed by atoms with Gasteiger partial charge in [-0.15, -0.1) is 11.3 Å². The number of pyridine rings is 1. The molecular weight excluding hydrogens is 897 g/mol. The normalized spacial score (nSPS) is 26.9. The number of hydrogen-bond acceptors (Lipinski definition) is 14. The first-order valence-corrected chi connectivity index (χ1v) is 25.6. The van der Waals surface area contributed by atoms with Gasteiger partial charge in [0, 0.05) is 102 Å². The SMILES string of the molecule is CCn1c(-c2cc(C#C[C@@H](C)N3CCOCC3)cnc2[C@H](C)OC)c2c3cc(ccc31)-c1csc(n1)[C@@H](N1CC3(COC3)C1)[C@H](NC(=O)[C@H]1OC[C@@H]1C)C(=O)N1CCC[C@H](N1)C(=O)OCC(C)(C)C2. The lowest BCUT2D eigenvalue weighted by Crippen LogP contribution is -2.70. The minimum Gasteiger partial charge on any atom is -0.464 e. The molecule has 4 aromatic rings. The summed E-state index contributed by atoms with van der Waals surface area (Å²) in [6, 6.07) is 6.35. The Morgan fingerprint density at radius 2 is 1.88 bits per heavy atom. The Hall–Kier alpha value is -4.77. The van der Waals surface area contributed by atoms with Gasteiger partial charge in [0.1, 0.15) is 23.2 Å². The first kappa shape index (κ1) is 47.9. The number of nitrogens with one attached hydrogen (secondary N) is 2. The van der Waals surface area contributed by atoms with Crippen LogP contribution >= 0.6 is 11.3 Å². The smallest absolute Gasteiger partial charge is 0.324 e. The van der Waals surface area contributed by atoms with Gasteiger partial charge >= 0.3 is 5.97 Å². The zero-order valence-corrected chi connectivity index (χ0v) is 41.8. The molecule has 10 rings (SSSR count). The van der Waals surface area contributed by atoms with Crippen LogP contribution in [-0.4, -0.2) is 151 Å². The summed E-state index contributed by atoms with van der Waals surface area (Å²) in [5.41, 5.74) is 10.1. The number of aromatic nitrogens is 3. The Bertz CT molecular complexity index is 2650. The van der Waals surface area contributed by atoms with Gasteiger partial charge in [0.25, 0.3) is 5.91 Å². The van der Waals surface area contributed by atoms with Crippen LogP contribution in [0, 0.1) is 28.6 Å². The molecule has 17 heteroatoms. The van der Waals surface area contributed by atoms with Gasteiger partial charge in [-0.1, -0.05) is 38.7 Å². The Balaban J connectivity index is 1.11. The molecule has 5 saturated heterocycles. The molecule has 1 aromatic carbocycles. The van der Waals surface area contributed by atoms with Gasteiger partial charge in [0.2, 0.25) is 5.91 Å². The van der Waals surface area contributed by atoms with Crippen LogP contribution in [0.2, 0.25) is 0 Å². The largest absolute Gasteiger partial charge is 0.464 e. The maximum absolute atomic E-state index is 15.0. The Labute approximate surface area is 408 Å². The second-order valence-corrected chi connectivity index (χ2v) is 21.7. The average molecular weight is 963 g/mol. The molecule has 0 saturated carbocycles. The van der Waals surface area contributed by atoms with E-state index in [1.807, 2.05) is 20.0 Å². The van der Waals surface area contributed by atoms with Gasteiger partial charge in [-0.3, -0.25) is 34.2 Å². The third-order valence-electron chi connectivity index (χ3n) is 15.0. The van der Waals surface area contributed by atoms with Crippen molar-refractivity contribution in [1.82, 2.24) is 40.1 Å². The van der Waals surface area contributed by atoms with E-state index in [0.29, 0.717) is 83.5 Å². The number of morpholine rings is 1. The summed E-state index contributed by atoms with van der Waals surface area (Å²) >= 11 is 1.49. The zero-order chi connectivity index (χ0) is 48.2. The third-order valence-corrected chi connectivity index (χ3v) is 15.9. The first-order valence-electron chi connectivity index (χ1n) is 24.7. The number of benzene rings is 1. The molecule has 1 spiro atoms. The maximum Gasteiger partial charge on any atom is 0.324 e. The predicted molar refractivity (Wildman–Crippen MR) is 261 cm³/mol. The van der Waals surface area contributed by atoms with E-state index in [1.165, 1.54) is 16.3 Å². The summed E-state index contributed by atoms with van der Waals surface area (Å²) in [5, 5.41) is 8.50. The van der Waals surface area contributed by atoms with Crippen LogP contribution in [-0.2, 0) is 51.0 Å². The van der Waals surface area contributed by atoms with Crippen LogP contribution in [0.15, 0.2) is 35.8 Å². The lowest BCUT2D eigenvalue weighted by atomic mass is 9.76. The maximum atomic E-state index is 15.0. The minimum absolute atomic E-state index is 0.0107. The van der Waals surface area contributed by atoms with E-state index in [0.717, 1.165) is 63.3 Å². The zero-order valence-electron chi connectivity index (χ0n) is 41.0. The van der Waals surface area contributed by atoms with Crippen molar-refractivity contribution in [2.24, 2.45) is 16.7 Å². The first-order chi connectivity index (χ1) is 33.2. The molecule has 3 aromatic heterocycles. The molecular formula is C52H66N8O8S. The molecule has 7 atom stereocenters. The summed E-state index contributed by atoms with van der Waals surface area (Å²) in [6.45, 7) is 20.0. The molecule has 6 aliphatic heterocycles. The van der Waals surface area contributed by atoms with E-state index in [-0.39, 0.29) is 41.9 Å². The fourth-order valence-corrected chi connectivity index (χ4v) is 11.9. The van der Waals surface area contributed by atoms with Crippen LogP contribution in [0.4, 0.5) is 0 Å². The molecule has 69 heavy (non-hydrogen) atoms. The Kier molecular flexibility index (Phi) is 13.5. The summed E-state index contributed by atoms with van der Waals surface area (Å²) in [6.07, 6.45) is 2.50.